The summed E-state index contributed by atoms with van der Waals surface area (Å²) in [5.41, 5.74) is 2.09. The van der Waals surface area contributed by atoms with Gasteiger partial charge in [-0.25, -0.2) is 4.98 Å². The maximum absolute atomic E-state index is 11.6. The van der Waals surface area contributed by atoms with E-state index in [2.05, 4.69) is 14.5 Å². The second-order valence-corrected chi connectivity index (χ2v) is 4.68. The number of rotatable bonds is 2. The summed E-state index contributed by atoms with van der Waals surface area (Å²) in [6, 6.07) is 3.89. The number of esters is 1. The second kappa shape index (κ2) is 4.84. The lowest BCUT2D eigenvalue weighted by Crippen LogP contribution is -2.26. The van der Waals surface area contributed by atoms with E-state index in [1.807, 2.05) is 24.5 Å². The molecule has 2 aromatic heterocycles. The number of fused-ring (bicyclic) bond motifs is 1. The summed E-state index contributed by atoms with van der Waals surface area (Å²) in [7, 11) is 1.44. The Balaban J connectivity index is 1.90. The van der Waals surface area contributed by atoms with Gasteiger partial charge >= 0.3 is 5.97 Å². The van der Waals surface area contributed by atoms with Gasteiger partial charge in [0.25, 0.3) is 0 Å². The third-order valence-electron chi connectivity index (χ3n) is 3.55. The molecule has 5 heteroatoms. The number of aromatic nitrogens is 3. The van der Waals surface area contributed by atoms with E-state index in [-0.39, 0.29) is 11.9 Å². The number of hydrogen-bond donors (Lipinski definition) is 0. The van der Waals surface area contributed by atoms with E-state index in [0.717, 1.165) is 30.0 Å². The van der Waals surface area contributed by atoms with Crippen molar-refractivity contribution in [3.8, 4) is 11.4 Å². The van der Waals surface area contributed by atoms with Crippen molar-refractivity contribution in [2.75, 3.05) is 7.11 Å². The average molecular weight is 257 g/mol. The van der Waals surface area contributed by atoms with E-state index in [1.165, 1.54) is 7.11 Å². The summed E-state index contributed by atoms with van der Waals surface area (Å²) in [6.07, 6.45) is 6.89. The van der Waals surface area contributed by atoms with Gasteiger partial charge in [0.05, 0.1) is 13.0 Å². The van der Waals surface area contributed by atoms with Crippen molar-refractivity contribution >= 4 is 5.97 Å². The molecule has 0 aromatic carbocycles. The Kier molecular flexibility index (Phi) is 3.03. The van der Waals surface area contributed by atoms with Crippen LogP contribution < -0.4 is 0 Å². The highest BCUT2D eigenvalue weighted by Crippen LogP contribution is 2.27. The van der Waals surface area contributed by atoms with Crippen LogP contribution in [0.1, 0.15) is 12.1 Å². The van der Waals surface area contributed by atoms with Gasteiger partial charge < -0.3 is 9.30 Å². The van der Waals surface area contributed by atoms with Crippen LogP contribution in [0.4, 0.5) is 0 Å². The van der Waals surface area contributed by atoms with Gasteiger partial charge in [0.1, 0.15) is 5.82 Å². The molecule has 0 spiro atoms. The number of carbonyl (C=O) groups excluding carboxylic acids is 1. The van der Waals surface area contributed by atoms with E-state index in [0.29, 0.717) is 6.42 Å². The first-order chi connectivity index (χ1) is 9.29. The molecule has 3 heterocycles. The standard InChI is InChI=1S/C14H15N3O2/c1-19-14(18)10-4-6-17-12(7-10)9-16-13(17)11-3-2-5-15-8-11/h2-3,5,8-10H,4,6-7H2,1H3. The van der Waals surface area contributed by atoms with Crippen molar-refractivity contribution in [2.45, 2.75) is 19.4 Å². The molecule has 2 aromatic rings. The zero-order chi connectivity index (χ0) is 13.2. The van der Waals surface area contributed by atoms with Gasteiger partial charge in [-0.1, -0.05) is 0 Å². The zero-order valence-corrected chi connectivity index (χ0v) is 10.7. The Morgan fingerprint density at radius 3 is 3.11 bits per heavy atom. The average Bonchev–Trinajstić information content (AvgIpc) is 2.90. The fourth-order valence-electron chi connectivity index (χ4n) is 2.56. The highest BCUT2D eigenvalue weighted by molar-refractivity contribution is 5.72. The van der Waals surface area contributed by atoms with Crippen LogP contribution >= 0.6 is 0 Å². The molecule has 0 N–H and O–H groups in total. The molecule has 0 saturated heterocycles. The molecule has 1 atom stereocenters. The lowest BCUT2D eigenvalue weighted by Gasteiger charge is -2.23. The van der Waals surface area contributed by atoms with Crippen molar-refractivity contribution in [2.24, 2.45) is 5.92 Å². The lowest BCUT2D eigenvalue weighted by molar-refractivity contribution is -0.146. The maximum Gasteiger partial charge on any atom is 0.309 e. The van der Waals surface area contributed by atoms with Crippen molar-refractivity contribution in [1.82, 2.24) is 14.5 Å². The molecular weight excluding hydrogens is 242 g/mol. The monoisotopic (exact) mass is 257 g/mol. The SMILES string of the molecule is COC(=O)C1CCn2c(cnc2-c2cccnc2)C1. The fourth-order valence-corrected chi connectivity index (χ4v) is 2.56. The number of pyridine rings is 1. The first-order valence-corrected chi connectivity index (χ1v) is 6.32. The van der Waals surface area contributed by atoms with E-state index in [9.17, 15) is 4.79 Å². The number of ether oxygens (including phenoxy) is 1. The highest BCUT2D eigenvalue weighted by atomic mass is 16.5. The largest absolute Gasteiger partial charge is 0.469 e. The minimum atomic E-state index is -0.129. The van der Waals surface area contributed by atoms with E-state index >= 15 is 0 Å². The van der Waals surface area contributed by atoms with Gasteiger partial charge in [-0.3, -0.25) is 9.78 Å². The van der Waals surface area contributed by atoms with Crippen molar-refractivity contribution in [1.29, 1.82) is 0 Å². The molecule has 1 aliphatic heterocycles. The molecular formula is C14H15N3O2. The summed E-state index contributed by atoms with van der Waals surface area (Å²) < 4.78 is 6.98. The predicted molar refractivity (Wildman–Crippen MR) is 69.3 cm³/mol. The normalized spacial score (nSPS) is 17.8. The van der Waals surface area contributed by atoms with Crippen LogP contribution in [0.2, 0.25) is 0 Å². The molecule has 1 unspecified atom stereocenters. The molecule has 19 heavy (non-hydrogen) atoms. The van der Waals surface area contributed by atoms with Gasteiger partial charge in [0.2, 0.25) is 0 Å². The topological polar surface area (TPSA) is 57.0 Å². The molecule has 3 rings (SSSR count). The molecule has 0 amide bonds. The van der Waals surface area contributed by atoms with Gasteiger partial charge in [0, 0.05) is 42.8 Å². The van der Waals surface area contributed by atoms with Crippen LogP contribution in [0.15, 0.2) is 30.7 Å². The second-order valence-electron chi connectivity index (χ2n) is 4.68. The van der Waals surface area contributed by atoms with E-state index in [1.54, 1.807) is 6.20 Å². The number of imidazole rings is 1. The van der Waals surface area contributed by atoms with Gasteiger partial charge in [-0.2, -0.15) is 0 Å². The smallest absolute Gasteiger partial charge is 0.309 e. The quantitative estimate of drug-likeness (QED) is 0.768. The Hall–Kier alpha value is -2.17. The first kappa shape index (κ1) is 11.9. The van der Waals surface area contributed by atoms with Crippen molar-refractivity contribution in [3.05, 3.63) is 36.4 Å². The summed E-state index contributed by atoms with van der Waals surface area (Å²) in [6.45, 7) is 0.791. The summed E-state index contributed by atoms with van der Waals surface area (Å²) >= 11 is 0. The van der Waals surface area contributed by atoms with Gasteiger partial charge in [-0.15, -0.1) is 0 Å². The minimum Gasteiger partial charge on any atom is -0.469 e. The fraction of sp³-hybridized carbons (Fsp3) is 0.357. The van der Waals surface area contributed by atoms with E-state index < -0.39 is 0 Å². The van der Waals surface area contributed by atoms with Crippen LogP contribution in [-0.2, 0) is 22.5 Å². The summed E-state index contributed by atoms with van der Waals surface area (Å²) in [4.78, 5) is 20.2. The minimum absolute atomic E-state index is 0.0454. The summed E-state index contributed by atoms with van der Waals surface area (Å²) in [5, 5.41) is 0. The Morgan fingerprint density at radius 2 is 2.37 bits per heavy atom. The Labute approximate surface area is 111 Å². The Bertz CT molecular complexity index is 592. The molecule has 0 radical (unpaired) electrons. The predicted octanol–water partition coefficient (Wildman–Crippen LogP) is 1.68. The van der Waals surface area contributed by atoms with E-state index in [4.69, 9.17) is 4.74 Å². The first-order valence-electron chi connectivity index (χ1n) is 6.32. The molecule has 98 valence electrons. The van der Waals surface area contributed by atoms with Crippen LogP contribution in [0.25, 0.3) is 11.4 Å². The zero-order valence-electron chi connectivity index (χ0n) is 10.7. The Morgan fingerprint density at radius 1 is 1.47 bits per heavy atom. The van der Waals surface area contributed by atoms with Crippen LogP contribution in [0.5, 0.6) is 0 Å². The third-order valence-corrected chi connectivity index (χ3v) is 3.55. The maximum atomic E-state index is 11.6. The molecule has 0 fully saturated rings. The van der Waals surface area contributed by atoms with Crippen molar-refractivity contribution in [3.63, 3.8) is 0 Å². The molecule has 0 saturated carbocycles. The molecule has 0 bridgehead atoms. The molecule has 5 nitrogen and oxygen atoms in total. The van der Waals surface area contributed by atoms with Crippen molar-refractivity contribution < 1.29 is 9.53 Å². The molecule has 1 aliphatic rings. The number of hydrogen-bond acceptors (Lipinski definition) is 4. The third kappa shape index (κ3) is 2.12. The summed E-state index contributed by atoms with van der Waals surface area (Å²) in [5.74, 6) is 0.748. The lowest BCUT2D eigenvalue weighted by atomic mass is 9.96. The number of carbonyl (C=O) groups is 1. The van der Waals surface area contributed by atoms with Gasteiger partial charge in [0.15, 0.2) is 0 Å². The number of nitrogens with zero attached hydrogens (tertiary/aromatic N) is 3. The van der Waals surface area contributed by atoms with Crippen LogP contribution in [0.3, 0.4) is 0 Å². The highest BCUT2D eigenvalue weighted by Gasteiger charge is 2.27. The number of methoxy groups -OCH3 is 1. The van der Waals surface area contributed by atoms with Gasteiger partial charge in [-0.05, 0) is 18.6 Å². The van der Waals surface area contributed by atoms with Crippen LogP contribution in [0, 0.1) is 5.92 Å². The molecule has 0 aliphatic carbocycles. The van der Waals surface area contributed by atoms with Crippen LogP contribution in [-0.4, -0.2) is 27.6 Å².